The van der Waals surface area contributed by atoms with Crippen LogP contribution < -0.4 is 5.32 Å². The number of imide groups is 1. The van der Waals surface area contributed by atoms with Crippen LogP contribution in [0.15, 0.2) is 11.6 Å². The molecule has 9 heteroatoms. The number of Topliss-reactive ketones (excluding diaryl/α,β-unsaturated/α-hetero) is 1. The second kappa shape index (κ2) is 9.77. The van der Waals surface area contributed by atoms with Crippen molar-refractivity contribution in [3.63, 3.8) is 0 Å². The summed E-state index contributed by atoms with van der Waals surface area (Å²) in [7, 11) is 5.89. The number of ketones is 1. The van der Waals surface area contributed by atoms with Crippen LogP contribution >= 0.6 is 11.3 Å². The lowest BCUT2D eigenvalue weighted by Crippen LogP contribution is -2.55. The van der Waals surface area contributed by atoms with E-state index in [4.69, 9.17) is 0 Å². The SMILES string of the molecule is CN(C)CCNC(=O)N(Cc1nccs1)C(=O)C1CC2CC(=O)CC[C@H]2N(C)C1. The smallest absolute Gasteiger partial charge is 0.324 e. The predicted molar refractivity (Wildman–Crippen MR) is 111 cm³/mol. The molecule has 1 aromatic rings. The second-order valence-electron chi connectivity index (χ2n) is 8.37. The van der Waals surface area contributed by atoms with Crippen LogP contribution in [0.25, 0.3) is 0 Å². The Morgan fingerprint density at radius 1 is 1.38 bits per heavy atom. The summed E-state index contributed by atoms with van der Waals surface area (Å²) in [4.78, 5) is 47.9. The Morgan fingerprint density at radius 2 is 2.17 bits per heavy atom. The van der Waals surface area contributed by atoms with Crippen molar-refractivity contribution in [3.05, 3.63) is 16.6 Å². The van der Waals surface area contributed by atoms with Gasteiger partial charge in [0.05, 0.1) is 12.5 Å². The summed E-state index contributed by atoms with van der Waals surface area (Å²) >= 11 is 1.43. The first kappa shape index (κ1) is 21.9. The van der Waals surface area contributed by atoms with E-state index in [2.05, 4.69) is 15.2 Å². The van der Waals surface area contributed by atoms with Crippen LogP contribution in [0, 0.1) is 11.8 Å². The Morgan fingerprint density at radius 3 is 2.86 bits per heavy atom. The van der Waals surface area contributed by atoms with Gasteiger partial charge in [0.25, 0.3) is 0 Å². The van der Waals surface area contributed by atoms with E-state index in [9.17, 15) is 14.4 Å². The molecule has 160 valence electrons. The van der Waals surface area contributed by atoms with Crippen molar-refractivity contribution >= 4 is 29.1 Å². The molecule has 0 radical (unpaired) electrons. The van der Waals surface area contributed by atoms with Gasteiger partial charge in [-0.25, -0.2) is 9.78 Å². The van der Waals surface area contributed by atoms with Gasteiger partial charge in [-0.1, -0.05) is 0 Å². The van der Waals surface area contributed by atoms with Crippen LogP contribution in [0.5, 0.6) is 0 Å². The van der Waals surface area contributed by atoms with E-state index in [1.807, 2.05) is 31.4 Å². The van der Waals surface area contributed by atoms with Gasteiger partial charge in [-0.05, 0) is 39.9 Å². The van der Waals surface area contributed by atoms with Crippen LogP contribution in [0.4, 0.5) is 4.79 Å². The van der Waals surface area contributed by atoms with Gasteiger partial charge in [0, 0.05) is 50.1 Å². The topological polar surface area (TPSA) is 85.9 Å². The largest absolute Gasteiger partial charge is 0.336 e. The number of carbonyl (C=O) groups is 3. The van der Waals surface area contributed by atoms with Crippen molar-refractivity contribution in [2.75, 3.05) is 40.8 Å². The first-order valence-electron chi connectivity index (χ1n) is 10.2. The summed E-state index contributed by atoms with van der Waals surface area (Å²) in [6.07, 6.45) is 4.39. The molecule has 3 amide bonds. The summed E-state index contributed by atoms with van der Waals surface area (Å²) in [5.41, 5.74) is 0. The van der Waals surface area contributed by atoms with Crippen molar-refractivity contribution in [1.82, 2.24) is 25.0 Å². The molecule has 3 rings (SSSR count). The average Bonchev–Trinajstić information content (AvgIpc) is 3.18. The fraction of sp³-hybridized carbons (Fsp3) is 0.700. The van der Waals surface area contributed by atoms with E-state index < -0.39 is 0 Å². The van der Waals surface area contributed by atoms with E-state index in [0.29, 0.717) is 44.9 Å². The summed E-state index contributed by atoms with van der Waals surface area (Å²) in [5, 5.41) is 5.43. The van der Waals surface area contributed by atoms with Crippen LogP contribution in [0.1, 0.15) is 30.7 Å². The number of hydrogen-bond donors (Lipinski definition) is 1. The summed E-state index contributed by atoms with van der Waals surface area (Å²) in [5.74, 6) is 0.0221. The fourth-order valence-electron chi connectivity index (χ4n) is 4.42. The zero-order valence-electron chi connectivity index (χ0n) is 17.5. The van der Waals surface area contributed by atoms with Crippen molar-refractivity contribution in [3.8, 4) is 0 Å². The normalized spacial score (nSPS) is 25.0. The third-order valence-electron chi connectivity index (χ3n) is 5.89. The van der Waals surface area contributed by atoms with Gasteiger partial charge in [0.15, 0.2) is 0 Å². The number of hydrogen-bond acceptors (Lipinski definition) is 7. The number of nitrogens with zero attached hydrogens (tertiary/aromatic N) is 4. The van der Waals surface area contributed by atoms with E-state index in [1.165, 1.54) is 16.2 Å². The monoisotopic (exact) mass is 421 g/mol. The summed E-state index contributed by atoms with van der Waals surface area (Å²) in [6, 6.07) is -0.0189. The van der Waals surface area contributed by atoms with Crippen molar-refractivity contribution in [2.45, 2.75) is 38.3 Å². The molecule has 1 aromatic heterocycles. The molecule has 29 heavy (non-hydrogen) atoms. The highest BCUT2D eigenvalue weighted by molar-refractivity contribution is 7.09. The molecule has 1 aliphatic heterocycles. The standard InChI is InChI=1S/C20H31N5O3S/c1-23(2)8-6-22-20(28)25(13-18-21-7-9-29-18)19(27)15-10-14-11-16(26)4-5-17(14)24(3)12-15/h7,9,14-15,17H,4-6,8,10-13H2,1-3H3,(H,22,28)/t14?,15?,17-/m1/s1. The molecule has 1 N–H and O–H groups in total. The fourth-order valence-corrected chi connectivity index (χ4v) is 5.02. The summed E-state index contributed by atoms with van der Waals surface area (Å²) < 4.78 is 0. The van der Waals surface area contributed by atoms with Gasteiger partial charge in [0.1, 0.15) is 10.8 Å². The number of nitrogens with one attached hydrogen (secondary N) is 1. The maximum Gasteiger partial charge on any atom is 0.324 e. The van der Waals surface area contributed by atoms with Gasteiger partial charge < -0.3 is 15.1 Å². The molecule has 3 atom stereocenters. The Kier molecular flexibility index (Phi) is 7.37. The second-order valence-corrected chi connectivity index (χ2v) is 9.35. The Bertz CT molecular complexity index is 724. The molecule has 1 aliphatic carbocycles. The Hall–Kier alpha value is -1.84. The van der Waals surface area contributed by atoms with E-state index in [-0.39, 0.29) is 36.1 Å². The molecule has 0 aromatic carbocycles. The molecule has 2 fully saturated rings. The third kappa shape index (κ3) is 5.61. The molecule has 2 heterocycles. The number of aromatic nitrogens is 1. The van der Waals surface area contributed by atoms with E-state index >= 15 is 0 Å². The van der Waals surface area contributed by atoms with Crippen molar-refractivity contribution in [1.29, 1.82) is 0 Å². The molecular weight excluding hydrogens is 390 g/mol. The van der Waals surface area contributed by atoms with Gasteiger partial charge in [-0.15, -0.1) is 11.3 Å². The number of likely N-dealkylation sites (N-methyl/N-ethyl adjacent to an activating group) is 1. The quantitative estimate of drug-likeness (QED) is 0.748. The van der Waals surface area contributed by atoms with Crippen molar-refractivity contribution in [2.24, 2.45) is 11.8 Å². The highest BCUT2D eigenvalue weighted by atomic mass is 32.1. The highest BCUT2D eigenvalue weighted by Crippen LogP contribution is 2.36. The van der Waals surface area contributed by atoms with Crippen LogP contribution in [0.2, 0.25) is 0 Å². The number of thiazole rings is 1. The number of urea groups is 1. The van der Waals surface area contributed by atoms with Crippen molar-refractivity contribution < 1.29 is 14.4 Å². The summed E-state index contributed by atoms with van der Waals surface area (Å²) in [6.45, 7) is 1.96. The van der Waals surface area contributed by atoms with Gasteiger partial charge in [-0.2, -0.15) is 0 Å². The Labute approximate surface area is 176 Å². The molecule has 0 bridgehead atoms. The molecule has 2 aliphatic rings. The molecule has 8 nitrogen and oxygen atoms in total. The number of rotatable bonds is 6. The van der Waals surface area contributed by atoms with Crippen LogP contribution in [-0.4, -0.2) is 84.2 Å². The molecule has 0 spiro atoms. The Balaban J connectivity index is 1.71. The number of likely N-dealkylation sites (tertiary alicyclic amines) is 1. The number of carbonyl (C=O) groups excluding carboxylic acids is 3. The lowest BCUT2D eigenvalue weighted by Gasteiger charge is -2.45. The minimum Gasteiger partial charge on any atom is -0.336 e. The van der Waals surface area contributed by atoms with Gasteiger partial charge >= 0.3 is 6.03 Å². The maximum atomic E-state index is 13.4. The van der Waals surface area contributed by atoms with Crippen LogP contribution in [0.3, 0.4) is 0 Å². The average molecular weight is 422 g/mol. The molecule has 2 unspecified atom stereocenters. The zero-order chi connectivity index (χ0) is 21.0. The first-order chi connectivity index (χ1) is 13.8. The van der Waals surface area contributed by atoms with Gasteiger partial charge in [0.2, 0.25) is 5.91 Å². The van der Waals surface area contributed by atoms with E-state index in [0.717, 1.165) is 11.4 Å². The number of piperidine rings is 1. The minimum absolute atomic E-state index is 0.175. The molecule has 1 saturated carbocycles. The van der Waals surface area contributed by atoms with Crippen LogP contribution in [-0.2, 0) is 16.1 Å². The lowest BCUT2D eigenvalue weighted by atomic mass is 9.74. The first-order valence-corrected chi connectivity index (χ1v) is 11.1. The molecular formula is C20H31N5O3S. The van der Waals surface area contributed by atoms with Gasteiger partial charge in [-0.3, -0.25) is 14.5 Å². The number of amides is 3. The predicted octanol–water partition coefficient (Wildman–Crippen LogP) is 1.43. The third-order valence-corrected chi connectivity index (χ3v) is 6.65. The number of fused-ring (bicyclic) bond motifs is 1. The lowest BCUT2D eigenvalue weighted by molar-refractivity contribution is -0.138. The highest BCUT2D eigenvalue weighted by Gasteiger charge is 2.42. The van der Waals surface area contributed by atoms with E-state index in [1.54, 1.807) is 6.20 Å². The zero-order valence-corrected chi connectivity index (χ0v) is 18.3. The maximum absolute atomic E-state index is 13.4. The minimum atomic E-state index is -0.378. The molecule has 1 saturated heterocycles.